The molecule has 0 saturated carbocycles. The van der Waals surface area contributed by atoms with Crippen LogP contribution in [0.3, 0.4) is 0 Å². The maximum atomic E-state index is 12.8. The van der Waals surface area contributed by atoms with Crippen LogP contribution in [0.15, 0.2) is 65.6 Å². The zero-order valence-corrected chi connectivity index (χ0v) is 14.2. The first kappa shape index (κ1) is 16.5. The van der Waals surface area contributed by atoms with Gasteiger partial charge in [-0.1, -0.05) is 42.5 Å². The molecule has 0 spiro atoms. The van der Waals surface area contributed by atoms with Crippen LogP contribution < -0.4 is 5.56 Å². The van der Waals surface area contributed by atoms with Crippen LogP contribution in [0.2, 0.25) is 0 Å². The normalized spacial score (nSPS) is 17.4. The van der Waals surface area contributed by atoms with Gasteiger partial charge in [0.2, 0.25) is 5.91 Å². The second kappa shape index (κ2) is 7.09. The van der Waals surface area contributed by atoms with Gasteiger partial charge < -0.3 is 9.64 Å². The van der Waals surface area contributed by atoms with Crippen molar-refractivity contribution in [2.45, 2.75) is 12.6 Å². The standard InChI is InChI=1S/C20H19N3O3/c24-19-12-21-16-8-4-5-9-17(16)23(19)14-20(25)22-10-11-26-18(13-22)15-6-2-1-3-7-15/h1-9,12,18H,10-11,13-14H2. The Bertz CT molecular complexity index is 984. The maximum Gasteiger partial charge on any atom is 0.269 e. The fourth-order valence-corrected chi connectivity index (χ4v) is 3.26. The summed E-state index contributed by atoms with van der Waals surface area (Å²) in [6.45, 7) is 1.50. The Morgan fingerprint density at radius 1 is 1.12 bits per heavy atom. The molecule has 0 radical (unpaired) electrons. The summed E-state index contributed by atoms with van der Waals surface area (Å²) >= 11 is 0. The lowest BCUT2D eigenvalue weighted by atomic mass is 10.1. The molecule has 3 aromatic rings. The van der Waals surface area contributed by atoms with Crippen molar-refractivity contribution in [3.63, 3.8) is 0 Å². The number of ether oxygens (including phenoxy) is 1. The number of rotatable bonds is 3. The summed E-state index contributed by atoms with van der Waals surface area (Å²) in [5.74, 6) is -0.0901. The third kappa shape index (κ3) is 3.23. The van der Waals surface area contributed by atoms with Gasteiger partial charge in [-0.25, -0.2) is 4.98 Å². The number of nitrogens with zero attached hydrogens (tertiary/aromatic N) is 3. The number of hydrogen-bond acceptors (Lipinski definition) is 4. The number of morpholine rings is 1. The Morgan fingerprint density at radius 3 is 2.73 bits per heavy atom. The van der Waals surface area contributed by atoms with Crippen LogP contribution in [0.4, 0.5) is 0 Å². The van der Waals surface area contributed by atoms with Crippen LogP contribution in [0, 0.1) is 0 Å². The van der Waals surface area contributed by atoms with Crippen molar-refractivity contribution in [3.05, 3.63) is 76.7 Å². The topological polar surface area (TPSA) is 64.4 Å². The van der Waals surface area contributed by atoms with E-state index in [0.717, 1.165) is 5.56 Å². The first-order valence-electron chi connectivity index (χ1n) is 8.61. The molecule has 0 N–H and O–H groups in total. The second-order valence-electron chi connectivity index (χ2n) is 6.28. The number of benzene rings is 2. The largest absolute Gasteiger partial charge is 0.370 e. The van der Waals surface area contributed by atoms with Gasteiger partial charge in [-0.15, -0.1) is 0 Å². The molecule has 1 aliphatic rings. The molecule has 0 bridgehead atoms. The first-order chi connectivity index (χ1) is 12.7. The molecule has 4 rings (SSSR count). The van der Waals surface area contributed by atoms with Crippen LogP contribution in [-0.2, 0) is 16.1 Å². The Kier molecular flexibility index (Phi) is 4.50. The maximum absolute atomic E-state index is 12.8. The Hall–Kier alpha value is -2.99. The minimum Gasteiger partial charge on any atom is -0.370 e. The summed E-state index contributed by atoms with van der Waals surface area (Å²) in [6.07, 6.45) is 1.13. The lowest BCUT2D eigenvalue weighted by molar-refractivity contribution is -0.139. The van der Waals surface area contributed by atoms with Gasteiger partial charge in [0.1, 0.15) is 12.6 Å². The molecule has 6 nitrogen and oxygen atoms in total. The lowest BCUT2D eigenvalue weighted by Gasteiger charge is -2.33. The highest BCUT2D eigenvalue weighted by atomic mass is 16.5. The number of fused-ring (bicyclic) bond motifs is 1. The van der Waals surface area contributed by atoms with Gasteiger partial charge in [0, 0.05) is 6.54 Å². The quantitative estimate of drug-likeness (QED) is 0.725. The van der Waals surface area contributed by atoms with Gasteiger partial charge in [-0.2, -0.15) is 0 Å². The van der Waals surface area contributed by atoms with E-state index >= 15 is 0 Å². The van der Waals surface area contributed by atoms with Crippen LogP contribution >= 0.6 is 0 Å². The molecular weight excluding hydrogens is 330 g/mol. The van der Waals surface area contributed by atoms with Crippen LogP contribution in [0.25, 0.3) is 11.0 Å². The molecule has 1 aromatic heterocycles. The van der Waals surface area contributed by atoms with Crippen molar-refractivity contribution in [2.24, 2.45) is 0 Å². The molecule has 0 aliphatic carbocycles. The van der Waals surface area contributed by atoms with Crippen molar-refractivity contribution in [1.29, 1.82) is 0 Å². The molecular formula is C20H19N3O3. The van der Waals surface area contributed by atoms with Gasteiger partial charge in [0.25, 0.3) is 5.56 Å². The minimum atomic E-state index is -0.273. The summed E-state index contributed by atoms with van der Waals surface area (Å²) in [4.78, 5) is 31.0. The summed E-state index contributed by atoms with van der Waals surface area (Å²) in [7, 11) is 0. The van der Waals surface area contributed by atoms with Crippen LogP contribution in [-0.4, -0.2) is 40.1 Å². The third-order valence-electron chi connectivity index (χ3n) is 4.64. The first-order valence-corrected chi connectivity index (χ1v) is 8.61. The van der Waals surface area contributed by atoms with Gasteiger partial charge in [0.05, 0.1) is 30.4 Å². The highest BCUT2D eigenvalue weighted by Crippen LogP contribution is 2.22. The van der Waals surface area contributed by atoms with E-state index in [0.29, 0.717) is 30.7 Å². The van der Waals surface area contributed by atoms with E-state index < -0.39 is 0 Å². The Balaban J connectivity index is 1.55. The van der Waals surface area contributed by atoms with E-state index in [1.807, 2.05) is 54.6 Å². The molecule has 2 heterocycles. The molecule has 1 saturated heterocycles. The van der Waals surface area contributed by atoms with Crippen LogP contribution in [0.1, 0.15) is 11.7 Å². The van der Waals surface area contributed by atoms with Crippen molar-refractivity contribution in [3.8, 4) is 0 Å². The van der Waals surface area contributed by atoms with E-state index in [1.165, 1.54) is 10.8 Å². The summed E-state index contributed by atoms with van der Waals surface area (Å²) < 4.78 is 7.30. The van der Waals surface area contributed by atoms with Crippen molar-refractivity contribution >= 4 is 16.9 Å². The van der Waals surface area contributed by atoms with Gasteiger partial charge in [0.15, 0.2) is 0 Å². The summed E-state index contributed by atoms with van der Waals surface area (Å²) in [5, 5.41) is 0. The van der Waals surface area contributed by atoms with E-state index in [-0.39, 0.29) is 24.1 Å². The van der Waals surface area contributed by atoms with E-state index in [4.69, 9.17) is 4.74 Å². The third-order valence-corrected chi connectivity index (χ3v) is 4.64. The van der Waals surface area contributed by atoms with Gasteiger partial charge in [-0.3, -0.25) is 14.2 Å². The monoisotopic (exact) mass is 349 g/mol. The summed E-state index contributed by atoms with van der Waals surface area (Å²) in [5.41, 5.74) is 2.15. The average molecular weight is 349 g/mol. The second-order valence-corrected chi connectivity index (χ2v) is 6.28. The number of carbonyl (C=O) groups is 1. The summed E-state index contributed by atoms with van der Waals surface area (Å²) in [6, 6.07) is 17.2. The molecule has 26 heavy (non-hydrogen) atoms. The van der Waals surface area contributed by atoms with Gasteiger partial charge in [-0.05, 0) is 17.7 Å². The molecule has 1 amide bonds. The van der Waals surface area contributed by atoms with E-state index in [9.17, 15) is 9.59 Å². The molecule has 1 atom stereocenters. The highest BCUT2D eigenvalue weighted by Gasteiger charge is 2.25. The average Bonchev–Trinajstić information content (AvgIpc) is 2.71. The van der Waals surface area contributed by atoms with E-state index in [2.05, 4.69) is 4.98 Å². The zero-order chi connectivity index (χ0) is 17.9. The number of aromatic nitrogens is 2. The zero-order valence-electron chi connectivity index (χ0n) is 14.2. The molecule has 1 unspecified atom stereocenters. The number of amides is 1. The molecule has 2 aromatic carbocycles. The minimum absolute atomic E-state index is 0.00335. The number of para-hydroxylation sites is 2. The SMILES string of the molecule is O=C(Cn1c(=O)cnc2ccccc21)N1CCOC(c2ccccc2)C1. The fraction of sp³-hybridized carbons (Fsp3) is 0.250. The fourth-order valence-electron chi connectivity index (χ4n) is 3.26. The Morgan fingerprint density at radius 2 is 1.88 bits per heavy atom. The van der Waals surface area contributed by atoms with Crippen molar-refractivity contribution < 1.29 is 9.53 Å². The molecule has 132 valence electrons. The predicted molar refractivity (Wildman–Crippen MR) is 97.7 cm³/mol. The molecule has 1 fully saturated rings. The Labute approximate surface area is 150 Å². The number of carbonyl (C=O) groups excluding carboxylic acids is 1. The number of hydrogen-bond donors (Lipinski definition) is 0. The predicted octanol–water partition coefficient (Wildman–Crippen LogP) is 2.00. The lowest BCUT2D eigenvalue weighted by Crippen LogP contribution is -2.44. The highest BCUT2D eigenvalue weighted by molar-refractivity contribution is 5.80. The van der Waals surface area contributed by atoms with E-state index in [1.54, 1.807) is 4.90 Å². The molecule has 6 heteroatoms. The smallest absolute Gasteiger partial charge is 0.269 e. The van der Waals surface area contributed by atoms with Gasteiger partial charge >= 0.3 is 0 Å². The van der Waals surface area contributed by atoms with Crippen molar-refractivity contribution in [2.75, 3.05) is 19.7 Å². The molecule has 1 aliphatic heterocycles. The van der Waals surface area contributed by atoms with Crippen LogP contribution in [0.5, 0.6) is 0 Å². The van der Waals surface area contributed by atoms with Crippen molar-refractivity contribution in [1.82, 2.24) is 14.5 Å².